The maximum Gasteiger partial charge on any atom is 0.313 e. The lowest BCUT2D eigenvalue weighted by Gasteiger charge is -2.12. The number of carbonyl (C=O) groups is 1. The Labute approximate surface area is 194 Å². The lowest BCUT2D eigenvalue weighted by Crippen LogP contribution is -2.14. The van der Waals surface area contributed by atoms with E-state index in [0.29, 0.717) is 11.4 Å². The first-order valence-corrected chi connectivity index (χ1v) is 11.4. The van der Waals surface area contributed by atoms with E-state index >= 15 is 0 Å². The quantitative estimate of drug-likeness (QED) is 0.278. The van der Waals surface area contributed by atoms with Crippen molar-refractivity contribution in [3.63, 3.8) is 0 Å². The number of carbonyl (C=O) groups excluding carboxylic acids is 1. The molecule has 3 aromatic heterocycles. The average molecular weight is 491 g/mol. The molecule has 0 fully saturated rings. The third-order valence-electron chi connectivity index (χ3n) is 5.46. The van der Waals surface area contributed by atoms with Crippen molar-refractivity contribution < 1.29 is 9.53 Å². The van der Waals surface area contributed by atoms with Crippen LogP contribution in [-0.2, 0) is 4.79 Å². The monoisotopic (exact) mass is 490 g/mol. The highest BCUT2D eigenvalue weighted by Crippen LogP contribution is 2.36. The van der Waals surface area contributed by atoms with E-state index in [1.807, 2.05) is 73.1 Å². The van der Waals surface area contributed by atoms with Crippen LogP contribution < -0.4 is 4.74 Å². The van der Waals surface area contributed by atoms with Crippen molar-refractivity contribution in [1.82, 2.24) is 18.9 Å². The molecule has 0 atom stereocenters. The largest absolute Gasteiger partial charge is 0.424 e. The first-order chi connectivity index (χ1) is 15.3. The number of halogens is 1. The molecule has 5 rings (SSSR count). The standard InChI is InChI=1S/C25H23BrN4O2/c1-14(2)22-28-23-21(24-27-18-10-5-6-11-19(18)30(22)24)20(32-25(31)15(3)4)13-29(23)17-9-7-8-16(26)12-17/h5-15H,1-4H3. The molecule has 2 aromatic carbocycles. The van der Waals surface area contributed by atoms with E-state index in [1.54, 1.807) is 0 Å². The van der Waals surface area contributed by atoms with Crippen LogP contribution in [0.2, 0.25) is 0 Å². The Balaban J connectivity index is 1.93. The van der Waals surface area contributed by atoms with Gasteiger partial charge in [0.15, 0.2) is 17.0 Å². The maximum absolute atomic E-state index is 12.6. The van der Waals surface area contributed by atoms with Crippen LogP contribution in [0.1, 0.15) is 39.4 Å². The fraction of sp³-hybridized carbons (Fsp3) is 0.240. The Morgan fingerprint density at radius 3 is 2.50 bits per heavy atom. The predicted octanol–water partition coefficient (Wildman–Crippen LogP) is 6.27. The van der Waals surface area contributed by atoms with Gasteiger partial charge in [0, 0.05) is 16.1 Å². The zero-order valence-corrected chi connectivity index (χ0v) is 19.9. The van der Waals surface area contributed by atoms with E-state index in [-0.39, 0.29) is 17.8 Å². The summed E-state index contributed by atoms with van der Waals surface area (Å²) in [6, 6.07) is 16.0. The van der Waals surface area contributed by atoms with Crippen molar-refractivity contribution in [2.45, 2.75) is 33.6 Å². The topological polar surface area (TPSA) is 61.4 Å². The second-order valence-electron chi connectivity index (χ2n) is 8.50. The smallest absolute Gasteiger partial charge is 0.313 e. The molecule has 0 aliphatic rings. The van der Waals surface area contributed by atoms with Gasteiger partial charge in [0.25, 0.3) is 0 Å². The van der Waals surface area contributed by atoms with Gasteiger partial charge < -0.3 is 4.74 Å². The third kappa shape index (κ3) is 3.28. The van der Waals surface area contributed by atoms with Gasteiger partial charge in [0.2, 0.25) is 0 Å². The molecule has 6 nitrogen and oxygen atoms in total. The molecule has 0 amide bonds. The van der Waals surface area contributed by atoms with Crippen LogP contribution >= 0.6 is 15.9 Å². The van der Waals surface area contributed by atoms with E-state index in [1.165, 1.54) is 0 Å². The van der Waals surface area contributed by atoms with Gasteiger partial charge in [-0.25, -0.2) is 9.97 Å². The minimum atomic E-state index is -0.291. The molecule has 0 N–H and O–H groups in total. The Kier molecular flexibility index (Phi) is 5.01. The molecule has 0 bridgehead atoms. The first kappa shape index (κ1) is 20.7. The number of hydrogen-bond donors (Lipinski definition) is 0. The van der Waals surface area contributed by atoms with Crippen LogP contribution in [0.15, 0.2) is 59.2 Å². The molecule has 162 valence electrons. The van der Waals surface area contributed by atoms with Crippen LogP contribution in [0.25, 0.3) is 33.4 Å². The number of rotatable bonds is 4. The number of para-hydroxylation sites is 2. The zero-order valence-electron chi connectivity index (χ0n) is 18.3. The molecule has 0 aliphatic heterocycles. The SMILES string of the molecule is CC(C)C(=O)Oc1cn(-c2cccc(Br)c2)c2nc(C(C)C)n3c4ccccc4nc3c12. The van der Waals surface area contributed by atoms with Crippen molar-refractivity contribution in [1.29, 1.82) is 0 Å². The van der Waals surface area contributed by atoms with Gasteiger partial charge in [-0.1, -0.05) is 61.8 Å². The summed E-state index contributed by atoms with van der Waals surface area (Å²) >= 11 is 3.55. The summed E-state index contributed by atoms with van der Waals surface area (Å²) in [5.74, 6) is 0.976. The van der Waals surface area contributed by atoms with E-state index in [0.717, 1.165) is 38.1 Å². The van der Waals surface area contributed by atoms with E-state index in [4.69, 9.17) is 14.7 Å². The van der Waals surface area contributed by atoms with Gasteiger partial charge >= 0.3 is 5.97 Å². The highest BCUT2D eigenvalue weighted by Gasteiger charge is 2.24. The Bertz CT molecular complexity index is 1500. The number of nitrogens with zero attached hydrogens (tertiary/aromatic N) is 4. The normalized spacial score (nSPS) is 12.0. The number of imidazole rings is 1. The summed E-state index contributed by atoms with van der Waals surface area (Å²) in [7, 11) is 0. The minimum absolute atomic E-state index is 0.159. The number of fused-ring (bicyclic) bond motifs is 5. The molecule has 0 spiro atoms. The Morgan fingerprint density at radius 2 is 1.78 bits per heavy atom. The molecule has 32 heavy (non-hydrogen) atoms. The van der Waals surface area contributed by atoms with Crippen molar-refractivity contribution in [2.75, 3.05) is 0 Å². The fourth-order valence-corrected chi connectivity index (χ4v) is 4.28. The lowest BCUT2D eigenvalue weighted by atomic mass is 10.2. The van der Waals surface area contributed by atoms with Gasteiger partial charge in [-0.3, -0.25) is 13.8 Å². The van der Waals surface area contributed by atoms with Crippen molar-refractivity contribution in [3.05, 3.63) is 65.0 Å². The van der Waals surface area contributed by atoms with Gasteiger partial charge in [0.1, 0.15) is 11.2 Å². The van der Waals surface area contributed by atoms with E-state index < -0.39 is 0 Å². The molecule has 3 heterocycles. The van der Waals surface area contributed by atoms with Crippen LogP contribution in [-0.4, -0.2) is 24.9 Å². The number of aromatic nitrogens is 4. The highest BCUT2D eigenvalue weighted by atomic mass is 79.9. The van der Waals surface area contributed by atoms with Crippen molar-refractivity contribution in [3.8, 4) is 11.4 Å². The summed E-state index contributed by atoms with van der Waals surface area (Å²) in [5.41, 5.74) is 4.22. The molecular formula is C25H23BrN4O2. The molecule has 5 aromatic rings. The number of hydrogen-bond acceptors (Lipinski definition) is 4. The summed E-state index contributed by atoms with van der Waals surface area (Å²) in [5, 5.41) is 0.722. The molecule has 0 unspecified atom stereocenters. The molecular weight excluding hydrogens is 468 g/mol. The van der Waals surface area contributed by atoms with Crippen LogP contribution in [0.5, 0.6) is 5.75 Å². The predicted molar refractivity (Wildman–Crippen MR) is 130 cm³/mol. The van der Waals surface area contributed by atoms with E-state index in [9.17, 15) is 4.79 Å². The Hall–Kier alpha value is -3.19. The second-order valence-corrected chi connectivity index (χ2v) is 9.42. The molecule has 0 saturated carbocycles. The molecule has 7 heteroatoms. The van der Waals surface area contributed by atoms with Gasteiger partial charge in [-0.15, -0.1) is 0 Å². The maximum atomic E-state index is 12.6. The minimum Gasteiger partial charge on any atom is -0.424 e. The third-order valence-corrected chi connectivity index (χ3v) is 5.96. The summed E-state index contributed by atoms with van der Waals surface area (Å²) in [4.78, 5) is 22.6. The van der Waals surface area contributed by atoms with Gasteiger partial charge in [-0.05, 0) is 30.3 Å². The van der Waals surface area contributed by atoms with Crippen LogP contribution in [0.3, 0.4) is 0 Å². The lowest BCUT2D eigenvalue weighted by molar-refractivity contribution is -0.137. The summed E-state index contributed by atoms with van der Waals surface area (Å²) in [6.45, 7) is 7.89. The molecule has 0 aliphatic carbocycles. The second kappa shape index (κ2) is 7.74. The zero-order chi connectivity index (χ0) is 22.6. The average Bonchev–Trinajstić information content (AvgIpc) is 3.31. The van der Waals surface area contributed by atoms with Crippen molar-refractivity contribution in [2.24, 2.45) is 5.92 Å². The van der Waals surface area contributed by atoms with Crippen LogP contribution in [0.4, 0.5) is 0 Å². The Morgan fingerprint density at radius 1 is 1.00 bits per heavy atom. The molecule has 0 saturated heterocycles. The molecule has 0 radical (unpaired) electrons. The summed E-state index contributed by atoms with van der Waals surface area (Å²) < 4.78 is 10.9. The first-order valence-electron chi connectivity index (χ1n) is 10.6. The fourth-order valence-electron chi connectivity index (χ4n) is 3.89. The number of ether oxygens (including phenoxy) is 1. The van der Waals surface area contributed by atoms with E-state index in [2.05, 4.69) is 34.2 Å². The van der Waals surface area contributed by atoms with Gasteiger partial charge in [0.05, 0.1) is 23.1 Å². The van der Waals surface area contributed by atoms with Crippen molar-refractivity contribution >= 4 is 49.6 Å². The number of benzene rings is 2. The highest BCUT2D eigenvalue weighted by molar-refractivity contribution is 9.10. The number of esters is 1. The summed E-state index contributed by atoms with van der Waals surface area (Å²) in [6.07, 6.45) is 1.84. The van der Waals surface area contributed by atoms with Gasteiger partial charge in [-0.2, -0.15) is 0 Å². The van der Waals surface area contributed by atoms with Crippen LogP contribution in [0, 0.1) is 5.92 Å².